The van der Waals surface area contributed by atoms with Crippen LogP contribution in [0.5, 0.6) is 0 Å². The van der Waals surface area contributed by atoms with Crippen LogP contribution < -0.4 is 5.32 Å². The Bertz CT molecular complexity index is 527. The molecule has 6 nitrogen and oxygen atoms in total. The summed E-state index contributed by atoms with van der Waals surface area (Å²) in [6.07, 6.45) is 3.36. The van der Waals surface area contributed by atoms with Crippen molar-refractivity contribution in [2.75, 3.05) is 7.05 Å². The van der Waals surface area contributed by atoms with Gasteiger partial charge in [-0.2, -0.15) is 10.2 Å². The molecule has 1 atom stereocenters. The Kier molecular flexibility index (Phi) is 4.31. The summed E-state index contributed by atoms with van der Waals surface area (Å²) in [6, 6.07) is 2.39. The molecule has 2 aromatic heterocycles. The van der Waals surface area contributed by atoms with E-state index in [0.29, 0.717) is 0 Å². The van der Waals surface area contributed by atoms with Gasteiger partial charge in [-0.25, -0.2) is 4.98 Å². The van der Waals surface area contributed by atoms with Crippen LogP contribution in [0.4, 0.5) is 0 Å². The molecule has 0 spiro atoms. The van der Waals surface area contributed by atoms with Crippen LogP contribution in [-0.2, 0) is 26.4 Å². The number of hydrogen-bond acceptors (Lipinski definition) is 4. The smallest absolute Gasteiger partial charge is 0.138 e. The van der Waals surface area contributed by atoms with Gasteiger partial charge >= 0.3 is 0 Å². The summed E-state index contributed by atoms with van der Waals surface area (Å²) in [7, 11) is 3.89. The summed E-state index contributed by atoms with van der Waals surface area (Å²) in [5, 5.41) is 12.1. The largest absolute Gasteiger partial charge is 0.311 e. The molecule has 0 bridgehead atoms. The number of nitrogens with zero attached hydrogens (tertiary/aromatic N) is 5. The molecule has 0 aromatic carbocycles. The lowest BCUT2D eigenvalue weighted by Crippen LogP contribution is -2.23. The molecule has 0 amide bonds. The minimum Gasteiger partial charge on any atom is -0.311 e. The van der Waals surface area contributed by atoms with E-state index in [4.69, 9.17) is 0 Å². The average molecular weight is 262 g/mol. The topological polar surface area (TPSA) is 60.6 Å². The second-order valence-corrected chi connectivity index (χ2v) is 4.58. The maximum Gasteiger partial charge on any atom is 0.138 e. The van der Waals surface area contributed by atoms with Gasteiger partial charge in [0.1, 0.15) is 12.2 Å². The van der Waals surface area contributed by atoms with Crippen LogP contribution in [-0.4, -0.2) is 31.6 Å². The van der Waals surface area contributed by atoms with Gasteiger partial charge in [0, 0.05) is 20.0 Å². The van der Waals surface area contributed by atoms with Gasteiger partial charge in [0.2, 0.25) is 0 Å². The molecule has 0 aliphatic rings. The van der Waals surface area contributed by atoms with E-state index >= 15 is 0 Å². The van der Waals surface area contributed by atoms with Crippen molar-refractivity contribution in [1.29, 1.82) is 0 Å². The first-order chi connectivity index (χ1) is 9.19. The monoisotopic (exact) mass is 262 g/mol. The van der Waals surface area contributed by atoms with Crippen molar-refractivity contribution in [1.82, 2.24) is 29.9 Å². The summed E-state index contributed by atoms with van der Waals surface area (Å²) >= 11 is 0. The highest BCUT2D eigenvalue weighted by Gasteiger charge is 2.18. The zero-order chi connectivity index (χ0) is 13.8. The van der Waals surface area contributed by atoms with Gasteiger partial charge in [0.15, 0.2) is 0 Å². The molecular weight excluding hydrogens is 240 g/mol. The SMILES string of the molecule is CCc1cc(C(Cc2ncnn2C)NC)n(CC)n1. The predicted octanol–water partition coefficient (Wildman–Crippen LogP) is 1.10. The van der Waals surface area contributed by atoms with Gasteiger partial charge in [-0.3, -0.25) is 9.36 Å². The molecule has 2 aromatic rings. The number of aromatic nitrogens is 5. The van der Waals surface area contributed by atoms with E-state index in [-0.39, 0.29) is 6.04 Å². The van der Waals surface area contributed by atoms with Gasteiger partial charge in [0.05, 0.1) is 17.4 Å². The van der Waals surface area contributed by atoms with E-state index < -0.39 is 0 Å². The fourth-order valence-electron chi connectivity index (χ4n) is 2.24. The van der Waals surface area contributed by atoms with E-state index in [0.717, 1.165) is 30.9 Å². The Morgan fingerprint density at radius 3 is 2.68 bits per heavy atom. The lowest BCUT2D eigenvalue weighted by atomic mass is 10.1. The van der Waals surface area contributed by atoms with E-state index in [9.17, 15) is 0 Å². The third-order valence-corrected chi connectivity index (χ3v) is 3.42. The third kappa shape index (κ3) is 2.84. The molecule has 1 N–H and O–H groups in total. The van der Waals surface area contributed by atoms with Crippen LogP contribution in [0.3, 0.4) is 0 Å². The molecule has 0 saturated carbocycles. The molecule has 0 aliphatic carbocycles. The number of hydrogen-bond donors (Lipinski definition) is 1. The van der Waals surface area contributed by atoms with Crippen molar-refractivity contribution in [3.8, 4) is 0 Å². The van der Waals surface area contributed by atoms with Crippen molar-refractivity contribution in [2.24, 2.45) is 7.05 Å². The molecule has 2 heterocycles. The summed E-state index contributed by atoms with van der Waals surface area (Å²) in [5.41, 5.74) is 2.35. The molecule has 6 heteroatoms. The second-order valence-electron chi connectivity index (χ2n) is 4.58. The molecule has 2 rings (SSSR count). The third-order valence-electron chi connectivity index (χ3n) is 3.42. The van der Waals surface area contributed by atoms with E-state index in [2.05, 4.69) is 45.1 Å². The normalized spacial score (nSPS) is 12.8. The van der Waals surface area contributed by atoms with Crippen molar-refractivity contribution in [2.45, 2.75) is 39.3 Å². The zero-order valence-corrected chi connectivity index (χ0v) is 12.1. The molecular formula is C13H22N6. The second kappa shape index (κ2) is 5.97. The number of rotatable bonds is 6. The lowest BCUT2D eigenvalue weighted by Gasteiger charge is -2.16. The van der Waals surface area contributed by atoms with Gasteiger partial charge < -0.3 is 5.32 Å². The minimum atomic E-state index is 0.204. The molecule has 0 aliphatic heterocycles. The Labute approximate surface area is 113 Å². The van der Waals surface area contributed by atoms with Crippen molar-refractivity contribution >= 4 is 0 Å². The van der Waals surface area contributed by atoms with Crippen molar-refractivity contribution < 1.29 is 0 Å². The maximum absolute atomic E-state index is 4.60. The molecule has 19 heavy (non-hydrogen) atoms. The Hall–Kier alpha value is -1.69. The van der Waals surface area contributed by atoms with Crippen molar-refractivity contribution in [3.05, 3.63) is 29.6 Å². The van der Waals surface area contributed by atoms with E-state index in [1.54, 1.807) is 6.33 Å². The van der Waals surface area contributed by atoms with Crippen LogP contribution in [0.25, 0.3) is 0 Å². The highest BCUT2D eigenvalue weighted by molar-refractivity contribution is 5.16. The van der Waals surface area contributed by atoms with Crippen LogP contribution in [0.15, 0.2) is 12.4 Å². The quantitative estimate of drug-likeness (QED) is 0.847. The average Bonchev–Trinajstić information content (AvgIpc) is 3.02. The fraction of sp³-hybridized carbons (Fsp3) is 0.615. The maximum atomic E-state index is 4.60. The highest BCUT2D eigenvalue weighted by Crippen LogP contribution is 2.18. The Morgan fingerprint density at radius 2 is 2.16 bits per heavy atom. The summed E-state index contributed by atoms with van der Waals surface area (Å²) in [4.78, 5) is 4.29. The summed E-state index contributed by atoms with van der Waals surface area (Å²) < 4.78 is 3.88. The van der Waals surface area contributed by atoms with Gasteiger partial charge in [-0.05, 0) is 26.5 Å². The molecule has 0 saturated heterocycles. The lowest BCUT2D eigenvalue weighted by molar-refractivity contribution is 0.495. The number of likely N-dealkylation sites (N-methyl/N-ethyl adjacent to an activating group) is 1. The van der Waals surface area contributed by atoms with Crippen molar-refractivity contribution in [3.63, 3.8) is 0 Å². The van der Waals surface area contributed by atoms with Crippen LogP contribution in [0, 0.1) is 0 Å². The first-order valence-corrected chi connectivity index (χ1v) is 6.76. The highest BCUT2D eigenvalue weighted by atomic mass is 15.3. The predicted molar refractivity (Wildman–Crippen MR) is 73.8 cm³/mol. The molecule has 0 fully saturated rings. The Balaban J connectivity index is 2.26. The molecule has 1 unspecified atom stereocenters. The first kappa shape index (κ1) is 13.7. The number of aryl methyl sites for hydroxylation is 3. The van der Waals surface area contributed by atoms with E-state index in [1.807, 2.05) is 18.8 Å². The zero-order valence-electron chi connectivity index (χ0n) is 12.1. The van der Waals surface area contributed by atoms with Gasteiger partial charge in [-0.15, -0.1) is 0 Å². The van der Waals surface area contributed by atoms with Gasteiger partial charge in [0.25, 0.3) is 0 Å². The fourth-order valence-corrected chi connectivity index (χ4v) is 2.24. The van der Waals surface area contributed by atoms with Crippen LogP contribution >= 0.6 is 0 Å². The standard InChI is InChI=1S/C13H22N6/c1-5-10-7-12(19(6-2)17-10)11(14-3)8-13-15-9-16-18(13)4/h7,9,11,14H,5-6,8H2,1-4H3. The number of nitrogens with one attached hydrogen (secondary N) is 1. The van der Waals surface area contributed by atoms with Gasteiger partial charge in [-0.1, -0.05) is 6.92 Å². The first-order valence-electron chi connectivity index (χ1n) is 6.76. The van der Waals surface area contributed by atoms with Crippen LogP contribution in [0.1, 0.15) is 37.1 Å². The molecule has 0 radical (unpaired) electrons. The molecule has 104 valence electrons. The minimum absolute atomic E-state index is 0.204. The Morgan fingerprint density at radius 1 is 1.37 bits per heavy atom. The van der Waals surface area contributed by atoms with Crippen LogP contribution in [0.2, 0.25) is 0 Å². The summed E-state index contributed by atoms with van der Waals surface area (Å²) in [5.74, 6) is 0.973. The summed E-state index contributed by atoms with van der Waals surface area (Å²) in [6.45, 7) is 5.13. The van der Waals surface area contributed by atoms with E-state index in [1.165, 1.54) is 5.69 Å².